The van der Waals surface area contributed by atoms with Gasteiger partial charge < -0.3 is 15.6 Å². The minimum Gasteiger partial charge on any atom is -0.361 e. The molecule has 76 valence electrons. The third-order valence-electron chi connectivity index (χ3n) is 2.30. The Labute approximate surface area is 81.6 Å². The molecule has 2 atom stereocenters. The van der Waals surface area contributed by atoms with Crippen LogP contribution >= 0.6 is 0 Å². The second kappa shape index (κ2) is 3.42. The van der Waals surface area contributed by atoms with E-state index in [9.17, 15) is 4.79 Å². The molecular weight excluding hydrogens is 182 g/mol. The van der Waals surface area contributed by atoms with Gasteiger partial charge in [0.15, 0.2) is 0 Å². The highest BCUT2D eigenvalue weighted by atomic mass is 16.5. The molecular formula is C9H13N3O2. The lowest BCUT2D eigenvalue weighted by atomic mass is 10.3. The fraction of sp³-hybridized carbons (Fsp3) is 0.556. The van der Waals surface area contributed by atoms with Crippen LogP contribution in [0.3, 0.4) is 0 Å². The van der Waals surface area contributed by atoms with Crippen molar-refractivity contribution >= 4 is 5.91 Å². The van der Waals surface area contributed by atoms with E-state index in [1.54, 1.807) is 6.07 Å². The molecule has 1 amide bonds. The number of carbonyl (C=O) groups excluding carboxylic acids is 1. The van der Waals surface area contributed by atoms with Crippen molar-refractivity contribution in [3.05, 3.63) is 17.5 Å². The summed E-state index contributed by atoms with van der Waals surface area (Å²) in [7, 11) is 0. The minimum absolute atomic E-state index is 0.00278. The van der Waals surface area contributed by atoms with Gasteiger partial charge in [-0.2, -0.15) is 0 Å². The Morgan fingerprint density at radius 3 is 3.07 bits per heavy atom. The lowest BCUT2D eigenvalue weighted by Crippen LogP contribution is -2.27. The monoisotopic (exact) mass is 195 g/mol. The summed E-state index contributed by atoms with van der Waals surface area (Å²) in [5, 5.41) is 6.53. The summed E-state index contributed by atoms with van der Waals surface area (Å²) in [6.07, 6.45) is 0.795. The zero-order valence-electron chi connectivity index (χ0n) is 7.99. The number of nitrogens with two attached hydrogens (primary N) is 1. The van der Waals surface area contributed by atoms with Crippen LogP contribution in [-0.4, -0.2) is 17.1 Å². The number of hydrogen-bond donors (Lipinski definition) is 2. The van der Waals surface area contributed by atoms with Crippen LogP contribution in [0, 0.1) is 12.8 Å². The standard InChI is InChI=1S/C9H13N3O2/c1-5-2-6(12-14-5)4-11-9(13)7-3-8(7)10/h2,7-8H,3-4,10H2,1H3,(H,11,13). The number of carbonyl (C=O) groups is 1. The van der Waals surface area contributed by atoms with Gasteiger partial charge in [0.1, 0.15) is 11.5 Å². The van der Waals surface area contributed by atoms with Crippen molar-refractivity contribution in [3.63, 3.8) is 0 Å². The van der Waals surface area contributed by atoms with E-state index in [4.69, 9.17) is 10.3 Å². The van der Waals surface area contributed by atoms with Gasteiger partial charge in [-0.1, -0.05) is 5.16 Å². The molecule has 1 aliphatic rings. The third-order valence-corrected chi connectivity index (χ3v) is 2.30. The predicted octanol–water partition coefficient (Wildman–Crippen LogP) is -0.0536. The largest absolute Gasteiger partial charge is 0.361 e. The molecule has 1 saturated carbocycles. The Balaban J connectivity index is 1.80. The molecule has 5 heteroatoms. The maximum absolute atomic E-state index is 11.3. The highest BCUT2D eigenvalue weighted by molar-refractivity contribution is 5.82. The van der Waals surface area contributed by atoms with Crippen molar-refractivity contribution in [2.24, 2.45) is 11.7 Å². The summed E-state index contributed by atoms with van der Waals surface area (Å²) in [5.74, 6) is 0.763. The van der Waals surface area contributed by atoms with Gasteiger partial charge in [-0.15, -0.1) is 0 Å². The molecule has 2 unspecified atom stereocenters. The number of nitrogens with zero attached hydrogens (tertiary/aromatic N) is 1. The van der Waals surface area contributed by atoms with E-state index < -0.39 is 0 Å². The quantitative estimate of drug-likeness (QED) is 0.708. The molecule has 0 aliphatic heterocycles. The van der Waals surface area contributed by atoms with E-state index >= 15 is 0 Å². The van der Waals surface area contributed by atoms with Crippen molar-refractivity contribution in [2.45, 2.75) is 25.9 Å². The molecule has 0 radical (unpaired) electrons. The number of aryl methyl sites for hydroxylation is 1. The molecule has 3 N–H and O–H groups in total. The van der Waals surface area contributed by atoms with Crippen molar-refractivity contribution in [1.82, 2.24) is 10.5 Å². The van der Waals surface area contributed by atoms with Crippen LogP contribution in [0.15, 0.2) is 10.6 Å². The van der Waals surface area contributed by atoms with Crippen LogP contribution in [0.5, 0.6) is 0 Å². The highest BCUT2D eigenvalue weighted by Crippen LogP contribution is 2.27. The second-order valence-corrected chi connectivity index (χ2v) is 3.65. The van der Waals surface area contributed by atoms with Crippen LogP contribution in [-0.2, 0) is 11.3 Å². The van der Waals surface area contributed by atoms with Crippen LogP contribution in [0.4, 0.5) is 0 Å². The SMILES string of the molecule is Cc1cc(CNC(=O)C2CC2N)no1. The number of aromatic nitrogens is 1. The van der Waals surface area contributed by atoms with Gasteiger partial charge in [-0.3, -0.25) is 4.79 Å². The molecule has 14 heavy (non-hydrogen) atoms. The Morgan fingerprint density at radius 1 is 1.86 bits per heavy atom. The number of hydrogen-bond acceptors (Lipinski definition) is 4. The van der Waals surface area contributed by atoms with E-state index in [0.717, 1.165) is 17.9 Å². The average molecular weight is 195 g/mol. The summed E-state index contributed by atoms with van der Waals surface area (Å²) in [5.41, 5.74) is 6.29. The zero-order valence-corrected chi connectivity index (χ0v) is 7.99. The van der Waals surface area contributed by atoms with Gasteiger partial charge in [0.05, 0.1) is 12.5 Å². The maximum Gasteiger partial charge on any atom is 0.225 e. The van der Waals surface area contributed by atoms with Gasteiger partial charge in [0, 0.05) is 12.1 Å². The average Bonchev–Trinajstić information content (AvgIpc) is 2.72. The smallest absolute Gasteiger partial charge is 0.225 e. The molecule has 1 heterocycles. The van der Waals surface area contributed by atoms with E-state index in [1.807, 2.05) is 6.92 Å². The van der Waals surface area contributed by atoms with E-state index in [0.29, 0.717) is 6.54 Å². The van der Waals surface area contributed by atoms with Gasteiger partial charge in [0.25, 0.3) is 0 Å². The molecule has 1 fully saturated rings. The summed E-state index contributed by atoms with van der Waals surface area (Å²) >= 11 is 0. The third kappa shape index (κ3) is 1.93. The molecule has 0 bridgehead atoms. The molecule has 1 aromatic heterocycles. The summed E-state index contributed by atoms with van der Waals surface area (Å²) < 4.78 is 4.87. The molecule has 5 nitrogen and oxygen atoms in total. The Morgan fingerprint density at radius 2 is 2.57 bits per heavy atom. The minimum atomic E-state index is 0.00278. The lowest BCUT2D eigenvalue weighted by molar-refractivity contribution is -0.122. The van der Waals surface area contributed by atoms with Gasteiger partial charge in [0.2, 0.25) is 5.91 Å². The molecule has 2 rings (SSSR count). The van der Waals surface area contributed by atoms with E-state index in [1.165, 1.54) is 0 Å². The van der Waals surface area contributed by atoms with Crippen LogP contribution in [0.25, 0.3) is 0 Å². The fourth-order valence-electron chi connectivity index (χ4n) is 1.33. The number of nitrogens with one attached hydrogen (secondary N) is 1. The van der Waals surface area contributed by atoms with Crippen molar-refractivity contribution in [2.75, 3.05) is 0 Å². The zero-order chi connectivity index (χ0) is 10.1. The van der Waals surface area contributed by atoms with Crippen molar-refractivity contribution in [1.29, 1.82) is 0 Å². The first kappa shape index (κ1) is 9.21. The first-order valence-electron chi connectivity index (χ1n) is 4.62. The molecule has 0 saturated heterocycles. The van der Waals surface area contributed by atoms with Crippen LogP contribution in [0.1, 0.15) is 17.9 Å². The predicted molar refractivity (Wildman–Crippen MR) is 49.2 cm³/mol. The first-order valence-corrected chi connectivity index (χ1v) is 4.62. The van der Waals surface area contributed by atoms with Crippen molar-refractivity contribution in [3.8, 4) is 0 Å². The lowest BCUT2D eigenvalue weighted by Gasteiger charge is -1.99. The Kier molecular flexibility index (Phi) is 2.25. The second-order valence-electron chi connectivity index (χ2n) is 3.65. The molecule has 0 aromatic carbocycles. The number of rotatable bonds is 3. The van der Waals surface area contributed by atoms with Gasteiger partial charge in [-0.25, -0.2) is 0 Å². The highest BCUT2D eigenvalue weighted by Gasteiger charge is 2.39. The maximum atomic E-state index is 11.3. The van der Waals surface area contributed by atoms with E-state index in [2.05, 4.69) is 10.5 Å². The van der Waals surface area contributed by atoms with Crippen LogP contribution < -0.4 is 11.1 Å². The van der Waals surface area contributed by atoms with Crippen molar-refractivity contribution < 1.29 is 9.32 Å². The van der Waals surface area contributed by atoms with Gasteiger partial charge >= 0.3 is 0 Å². The van der Waals surface area contributed by atoms with Crippen LogP contribution in [0.2, 0.25) is 0 Å². The summed E-state index contributed by atoms with van der Waals surface area (Å²) in [6.45, 7) is 2.23. The first-order chi connectivity index (χ1) is 6.66. The fourth-order valence-corrected chi connectivity index (χ4v) is 1.33. The number of amides is 1. The molecule has 1 aliphatic carbocycles. The molecule has 0 spiro atoms. The Bertz CT molecular complexity index is 348. The molecule has 1 aromatic rings. The summed E-state index contributed by atoms with van der Waals surface area (Å²) in [6, 6.07) is 1.85. The normalized spacial score (nSPS) is 24.7. The van der Waals surface area contributed by atoms with Gasteiger partial charge in [-0.05, 0) is 13.3 Å². The van der Waals surface area contributed by atoms with E-state index in [-0.39, 0.29) is 17.9 Å². The summed E-state index contributed by atoms with van der Waals surface area (Å²) in [4.78, 5) is 11.3. The Hall–Kier alpha value is -1.36. The topological polar surface area (TPSA) is 81.2 Å².